The lowest BCUT2D eigenvalue weighted by molar-refractivity contribution is 0.430. The van der Waals surface area contributed by atoms with Gasteiger partial charge in [0.15, 0.2) is 0 Å². The van der Waals surface area contributed by atoms with Crippen molar-refractivity contribution >= 4 is 33.4 Å². The van der Waals surface area contributed by atoms with Crippen LogP contribution in [-0.4, -0.2) is 37.3 Å². The van der Waals surface area contributed by atoms with Gasteiger partial charge in [-0.3, -0.25) is 0 Å². The zero-order valence-electron chi connectivity index (χ0n) is 9.60. The van der Waals surface area contributed by atoms with Crippen LogP contribution in [0.15, 0.2) is 23.1 Å². The van der Waals surface area contributed by atoms with Crippen LogP contribution >= 0.6 is 23.4 Å². The van der Waals surface area contributed by atoms with Crippen molar-refractivity contribution < 1.29 is 12.8 Å². The van der Waals surface area contributed by atoms with Gasteiger partial charge in [-0.15, -0.1) is 0 Å². The normalized spacial score (nSPS) is 18.6. The van der Waals surface area contributed by atoms with E-state index in [0.29, 0.717) is 13.1 Å². The van der Waals surface area contributed by atoms with E-state index in [1.807, 2.05) is 0 Å². The molecule has 1 aromatic carbocycles. The standard InChI is InChI=1S/C11H13ClFNO2S2/c12-9-2-3-11(10(13)8-9)18(15,16)14-4-1-6-17-7-5-14/h2-3,8H,1,4-7H2. The molecule has 1 saturated heterocycles. The second kappa shape index (κ2) is 5.77. The first-order chi connectivity index (χ1) is 8.51. The van der Waals surface area contributed by atoms with E-state index in [1.54, 1.807) is 11.8 Å². The monoisotopic (exact) mass is 309 g/mol. The van der Waals surface area contributed by atoms with E-state index in [1.165, 1.54) is 16.4 Å². The van der Waals surface area contributed by atoms with Crippen molar-refractivity contribution in [2.24, 2.45) is 0 Å². The molecule has 0 spiro atoms. The van der Waals surface area contributed by atoms with E-state index in [2.05, 4.69) is 0 Å². The molecule has 0 saturated carbocycles. The third kappa shape index (κ3) is 2.99. The van der Waals surface area contributed by atoms with Crippen LogP contribution in [0.5, 0.6) is 0 Å². The molecule has 100 valence electrons. The van der Waals surface area contributed by atoms with Crippen LogP contribution in [0.3, 0.4) is 0 Å². The number of benzene rings is 1. The summed E-state index contributed by atoms with van der Waals surface area (Å²) in [5, 5.41) is 0.192. The van der Waals surface area contributed by atoms with Gasteiger partial charge in [-0.05, 0) is 30.4 Å². The molecule has 0 bridgehead atoms. The van der Waals surface area contributed by atoms with Gasteiger partial charge in [0.1, 0.15) is 10.7 Å². The number of halogens is 2. The Balaban J connectivity index is 2.34. The maximum atomic E-state index is 13.7. The molecule has 0 aliphatic carbocycles. The highest BCUT2D eigenvalue weighted by atomic mass is 35.5. The molecule has 1 heterocycles. The maximum absolute atomic E-state index is 13.7. The molecular weight excluding hydrogens is 297 g/mol. The van der Waals surface area contributed by atoms with Gasteiger partial charge in [0.05, 0.1) is 0 Å². The molecule has 1 aromatic rings. The lowest BCUT2D eigenvalue weighted by atomic mass is 10.3. The van der Waals surface area contributed by atoms with Crippen LogP contribution in [-0.2, 0) is 10.0 Å². The van der Waals surface area contributed by atoms with Crippen molar-refractivity contribution in [3.05, 3.63) is 29.0 Å². The fourth-order valence-electron chi connectivity index (χ4n) is 1.79. The van der Waals surface area contributed by atoms with Crippen LogP contribution in [0, 0.1) is 5.82 Å². The molecule has 7 heteroatoms. The lowest BCUT2D eigenvalue weighted by Crippen LogP contribution is -2.33. The van der Waals surface area contributed by atoms with Crippen molar-refractivity contribution in [2.45, 2.75) is 11.3 Å². The van der Waals surface area contributed by atoms with Gasteiger partial charge in [-0.25, -0.2) is 12.8 Å². The van der Waals surface area contributed by atoms with Gasteiger partial charge < -0.3 is 0 Å². The first kappa shape index (κ1) is 14.1. The Morgan fingerprint density at radius 2 is 2.06 bits per heavy atom. The molecule has 3 nitrogen and oxygen atoms in total. The number of thioether (sulfide) groups is 1. The van der Waals surface area contributed by atoms with Gasteiger partial charge in [-0.1, -0.05) is 11.6 Å². The molecule has 0 radical (unpaired) electrons. The number of rotatable bonds is 2. The van der Waals surface area contributed by atoms with Gasteiger partial charge in [0.2, 0.25) is 10.0 Å². The minimum absolute atomic E-state index is 0.192. The van der Waals surface area contributed by atoms with Gasteiger partial charge >= 0.3 is 0 Å². The first-order valence-electron chi connectivity index (χ1n) is 5.55. The summed E-state index contributed by atoms with van der Waals surface area (Å²) in [4.78, 5) is -0.293. The molecule has 1 aliphatic rings. The Kier molecular flexibility index (Phi) is 4.53. The van der Waals surface area contributed by atoms with Gasteiger partial charge in [-0.2, -0.15) is 16.1 Å². The fourth-order valence-corrected chi connectivity index (χ4v) is 4.47. The Morgan fingerprint density at radius 3 is 2.78 bits per heavy atom. The summed E-state index contributed by atoms with van der Waals surface area (Å²) in [6, 6.07) is 3.65. The van der Waals surface area contributed by atoms with E-state index in [0.717, 1.165) is 24.0 Å². The minimum atomic E-state index is -3.75. The van der Waals surface area contributed by atoms with Crippen molar-refractivity contribution in [1.82, 2.24) is 4.31 Å². The van der Waals surface area contributed by atoms with Gasteiger partial charge in [0.25, 0.3) is 0 Å². The smallest absolute Gasteiger partial charge is 0.207 e. The molecule has 0 amide bonds. The summed E-state index contributed by atoms with van der Waals surface area (Å²) >= 11 is 7.34. The van der Waals surface area contributed by atoms with Crippen molar-refractivity contribution in [1.29, 1.82) is 0 Å². The number of sulfonamides is 1. The SMILES string of the molecule is O=S(=O)(c1ccc(Cl)cc1F)N1CCCSCC1. The summed E-state index contributed by atoms with van der Waals surface area (Å²) in [7, 11) is -3.75. The highest BCUT2D eigenvalue weighted by Gasteiger charge is 2.27. The van der Waals surface area contributed by atoms with Crippen molar-refractivity contribution in [3.63, 3.8) is 0 Å². The maximum Gasteiger partial charge on any atom is 0.246 e. The third-order valence-electron chi connectivity index (χ3n) is 2.69. The molecule has 1 fully saturated rings. The number of nitrogens with zero attached hydrogens (tertiary/aromatic N) is 1. The van der Waals surface area contributed by atoms with Crippen LogP contribution in [0.4, 0.5) is 4.39 Å². The zero-order chi connectivity index (χ0) is 13.2. The number of hydrogen-bond donors (Lipinski definition) is 0. The predicted octanol–water partition coefficient (Wildman–Crippen LogP) is 2.61. The van der Waals surface area contributed by atoms with E-state index < -0.39 is 15.8 Å². The summed E-state index contributed by atoms with van der Waals surface area (Å²) in [6.45, 7) is 0.868. The Morgan fingerprint density at radius 1 is 1.28 bits per heavy atom. The molecule has 2 rings (SSSR count). The molecule has 0 aromatic heterocycles. The highest BCUT2D eigenvalue weighted by Crippen LogP contribution is 2.24. The largest absolute Gasteiger partial charge is 0.246 e. The number of hydrogen-bond acceptors (Lipinski definition) is 3. The fraction of sp³-hybridized carbons (Fsp3) is 0.455. The molecule has 0 N–H and O–H groups in total. The second-order valence-corrected chi connectivity index (χ2v) is 7.51. The topological polar surface area (TPSA) is 37.4 Å². The highest BCUT2D eigenvalue weighted by molar-refractivity contribution is 7.99. The van der Waals surface area contributed by atoms with Crippen LogP contribution in [0.1, 0.15) is 6.42 Å². The minimum Gasteiger partial charge on any atom is -0.207 e. The van der Waals surface area contributed by atoms with E-state index in [9.17, 15) is 12.8 Å². The lowest BCUT2D eigenvalue weighted by Gasteiger charge is -2.19. The Bertz CT molecular complexity index is 528. The summed E-state index contributed by atoms with van der Waals surface area (Å²) in [5.74, 6) is 0.892. The molecule has 18 heavy (non-hydrogen) atoms. The van der Waals surface area contributed by atoms with E-state index in [4.69, 9.17) is 11.6 Å². The zero-order valence-corrected chi connectivity index (χ0v) is 12.0. The summed E-state index contributed by atoms with van der Waals surface area (Å²) in [6.07, 6.45) is 0.791. The molecule has 0 atom stereocenters. The third-order valence-corrected chi connectivity index (χ3v) is 5.91. The van der Waals surface area contributed by atoms with Crippen molar-refractivity contribution in [3.8, 4) is 0 Å². The van der Waals surface area contributed by atoms with Crippen LogP contribution in [0.25, 0.3) is 0 Å². The first-order valence-corrected chi connectivity index (χ1v) is 8.52. The second-order valence-electron chi connectivity index (χ2n) is 3.94. The molecule has 1 aliphatic heterocycles. The van der Waals surface area contributed by atoms with Crippen molar-refractivity contribution in [2.75, 3.05) is 24.6 Å². The van der Waals surface area contributed by atoms with Gasteiger partial charge in [0, 0.05) is 23.9 Å². The quantitative estimate of drug-likeness (QED) is 0.843. The van der Waals surface area contributed by atoms with Crippen LogP contribution < -0.4 is 0 Å². The predicted molar refractivity (Wildman–Crippen MR) is 72.1 cm³/mol. The van der Waals surface area contributed by atoms with Crippen LogP contribution in [0.2, 0.25) is 5.02 Å². The average molecular weight is 310 g/mol. The Labute approximate surface area is 115 Å². The molecule has 0 unspecified atom stereocenters. The Hall–Kier alpha value is -0.300. The molecular formula is C11H13ClFNO2S2. The summed E-state index contributed by atoms with van der Waals surface area (Å²) < 4.78 is 39.7. The van der Waals surface area contributed by atoms with E-state index >= 15 is 0 Å². The van der Waals surface area contributed by atoms with E-state index in [-0.39, 0.29) is 9.92 Å². The summed E-state index contributed by atoms with van der Waals surface area (Å²) in [5.41, 5.74) is 0. The average Bonchev–Trinajstić information content (AvgIpc) is 2.57.